The molecule has 0 rings (SSSR count). The van der Waals surface area contributed by atoms with Crippen molar-refractivity contribution in [2.75, 3.05) is 13.2 Å². The van der Waals surface area contributed by atoms with Crippen LogP contribution in [0, 0.1) is 0 Å². The number of hydrogen-bond acceptors (Lipinski definition) is 6. The summed E-state index contributed by atoms with van der Waals surface area (Å²) >= 11 is 0. The summed E-state index contributed by atoms with van der Waals surface area (Å²) in [4.78, 5) is 38.4. The minimum atomic E-state index is -0.791. The molecule has 0 aromatic rings. The fourth-order valence-electron chi connectivity index (χ4n) is 11.1. The van der Waals surface area contributed by atoms with E-state index in [0.29, 0.717) is 19.3 Å². The molecule has 484 valence electrons. The predicted molar refractivity (Wildman–Crippen MR) is 362 cm³/mol. The maximum atomic E-state index is 12.9. The van der Waals surface area contributed by atoms with Crippen molar-refractivity contribution in [2.24, 2.45) is 0 Å². The van der Waals surface area contributed by atoms with Crippen molar-refractivity contribution in [3.63, 3.8) is 0 Å². The molecular weight excluding hydrogens is 1020 g/mol. The van der Waals surface area contributed by atoms with Crippen LogP contribution in [0.15, 0.2) is 60.8 Å². The van der Waals surface area contributed by atoms with Crippen LogP contribution in [0.5, 0.6) is 0 Å². The summed E-state index contributed by atoms with van der Waals surface area (Å²) in [7, 11) is 0. The molecule has 0 aromatic heterocycles. The molecule has 0 aliphatic heterocycles. The third-order valence-corrected chi connectivity index (χ3v) is 16.5. The van der Waals surface area contributed by atoms with E-state index >= 15 is 0 Å². The first-order valence-electron chi connectivity index (χ1n) is 36.8. The van der Waals surface area contributed by atoms with Gasteiger partial charge in [-0.15, -0.1) is 0 Å². The Hall–Kier alpha value is -2.89. The standard InChI is InChI=1S/C77H140O6/c1-4-7-10-13-16-19-22-25-28-30-32-33-34-35-36-37-38-39-40-41-42-43-45-46-49-52-55-58-61-64-67-70-76(79)82-73-74(72-81-75(78)69-66-63-60-57-54-51-48-27-24-21-18-15-12-9-6-3)83-77(80)71-68-65-62-59-56-53-50-47-44-31-29-26-23-20-17-14-11-8-5-2/h8,11,17,20,26,29,44,47,53,56,74H,4-7,9-10,12-16,18-19,21-25,27-28,30-43,45-46,48-52,54-55,57-73H2,1-3H3/b11-8-,20-17-,29-26-,47-44-,56-53-. The van der Waals surface area contributed by atoms with E-state index < -0.39 is 6.10 Å². The summed E-state index contributed by atoms with van der Waals surface area (Å²) in [6.07, 6.45) is 92.7. The lowest BCUT2D eigenvalue weighted by Gasteiger charge is -2.18. The Bertz CT molecular complexity index is 1470. The van der Waals surface area contributed by atoms with E-state index in [2.05, 4.69) is 81.5 Å². The first kappa shape index (κ1) is 80.1. The lowest BCUT2D eigenvalue weighted by Crippen LogP contribution is -2.30. The minimum Gasteiger partial charge on any atom is -0.462 e. The van der Waals surface area contributed by atoms with E-state index in [1.54, 1.807) is 0 Å². The van der Waals surface area contributed by atoms with E-state index in [0.717, 1.165) is 96.3 Å². The lowest BCUT2D eigenvalue weighted by atomic mass is 10.0. The van der Waals surface area contributed by atoms with Gasteiger partial charge in [-0.1, -0.05) is 370 Å². The van der Waals surface area contributed by atoms with Gasteiger partial charge in [-0.3, -0.25) is 14.4 Å². The van der Waals surface area contributed by atoms with Crippen LogP contribution in [0.25, 0.3) is 0 Å². The highest BCUT2D eigenvalue weighted by atomic mass is 16.6. The highest BCUT2D eigenvalue weighted by Crippen LogP contribution is 2.19. The fraction of sp³-hybridized carbons (Fsp3) is 0.831. The van der Waals surface area contributed by atoms with Crippen molar-refractivity contribution in [3.05, 3.63) is 60.8 Å². The van der Waals surface area contributed by atoms with Crippen molar-refractivity contribution < 1.29 is 28.6 Å². The van der Waals surface area contributed by atoms with Crippen LogP contribution in [0.2, 0.25) is 0 Å². The second-order valence-electron chi connectivity index (χ2n) is 24.8. The van der Waals surface area contributed by atoms with Crippen molar-refractivity contribution >= 4 is 17.9 Å². The molecule has 6 nitrogen and oxygen atoms in total. The highest BCUT2D eigenvalue weighted by molar-refractivity contribution is 5.71. The van der Waals surface area contributed by atoms with Crippen LogP contribution in [0.3, 0.4) is 0 Å². The van der Waals surface area contributed by atoms with Crippen molar-refractivity contribution in [2.45, 2.75) is 399 Å². The van der Waals surface area contributed by atoms with E-state index in [9.17, 15) is 14.4 Å². The van der Waals surface area contributed by atoms with Crippen LogP contribution in [-0.2, 0) is 28.6 Å². The van der Waals surface area contributed by atoms with Crippen molar-refractivity contribution in [1.29, 1.82) is 0 Å². The van der Waals surface area contributed by atoms with Crippen LogP contribution in [-0.4, -0.2) is 37.2 Å². The van der Waals surface area contributed by atoms with Gasteiger partial charge in [-0.2, -0.15) is 0 Å². The molecule has 0 amide bonds. The second kappa shape index (κ2) is 71.6. The zero-order valence-corrected chi connectivity index (χ0v) is 55.7. The highest BCUT2D eigenvalue weighted by Gasteiger charge is 2.19. The molecule has 6 heteroatoms. The number of ether oxygens (including phenoxy) is 3. The molecule has 0 radical (unpaired) electrons. The van der Waals surface area contributed by atoms with Gasteiger partial charge in [-0.25, -0.2) is 0 Å². The molecule has 0 aliphatic carbocycles. The number of hydrogen-bond donors (Lipinski definition) is 0. The Morgan fingerprint density at radius 2 is 0.470 bits per heavy atom. The van der Waals surface area contributed by atoms with Crippen LogP contribution in [0.4, 0.5) is 0 Å². The largest absolute Gasteiger partial charge is 0.462 e. The SMILES string of the molecule is CC/C=C\C/C=C\C/C=C\C/C=C\C/C=C\CCCCCC(=O)OC(COC(=O)CCCCCCCCCCCCCCCCC)COC(=O)CCCCCCCCCCCCCCCCCCCCCCCCCCCCCCCCC. The first-order chi connectivity index (χ1) is 41.0. The van der Waals surface area contributed by atoms with E-state index in [1.165, 1.54) is 257 Å². The average Bonchev–Trinajstić information content (AvgIpc) is 3.49. The van der Waals surface area contributed by atoms with E-state index in [4.69, 9.17) is 14.2 Å². The maximum Gasteiger partial charge on any atom is 0.306 e. The average molecular weight is 1160 g/mol. The van der Waals surface area contributed by atoms with E-state index in [1.807, 2.05) is 0 Å². The molecule has 0 spiro atoms. The summed E-state index contributed by atoms with van der Waals surface area (Å²) in [6, 6.07) is 0. The molecule has 1 atom stereocenters. The van der Waals surface area contributed by atoms with Gasteiger partial charge in [0.1, 0.15) is 13.2 Å². The predicted octanol–water partition coefficient (Wildman–Crippen LogP) is 25.5. The van der Waals surface area contributed by atoms with Gasteiger partial charge < -0.3 is 14.2 Å². The molecule has 0 N–H and O–H groups in total. The summed E-state index contributed by atoms with van der Waals surface area (Å²) in [5.74, 6) is -0.889. The molecule has 0 aliphatic rings. The molecule has 0 aromatic carbocycles. The van der Waals surface area contributed by atoms with Gasteiger partial charge in [0.15, 0.2) is 6.10 Å². The van der Waals surface area contributed by atoms with Gasteiger partial charge in [0.2, 0.25) is 0 Å². The maximum absolute atomic E-state index is 12.9. The van der Waals surface area contributed by atoms with Gasteiger partial charge in [0.25, 0.3) is 0 Å². The summed E-state index contributed by atoms with van der Waals surface area (Å²) in [6.45, 7) is 6.57. The smallest absolute Gasteiger partial charge is 0.306 e. The zero-order valence-electron chi connectivity index (χ0n) is 55.7. The quantitative estimate of drug-likeness (QED) is 0.0261. The second-order valence-corrected chi connectivity index (χ2v) is 24.8. The number of carbonyl (C=O) groups excluding carboxylic acids is 3. The minimum absolute atomic E-state index is 0.0828. The van der Waals surface area contributed by atoms with Gasteiger partial charge in [0.05, 0.1) is 0 Å². The Kier molecular flexibility index (Phi) is 69.1. The van der Waals surface area contributed by atoms with Crippen LogP contribution in [0.1, 0.15) is 393 Å². The Morgan fingerprint density at radius 3 is 0.735 bits per heavy atom. The van der Waals surface area contributed by atoms with Crippen molar-refractivity contribution in [3.8, 4) is 0 Å². The molecule has 0 saturated heterocycles. The Balaban J connectivity index is 4.22. The van der Waals surface area contributed by atoms with Gasteiger partial charge in [0, 0.05) is 19.3 Å². The molecule has 0 saturated carbocycles. The normalized spacial score (nSPS) is 12.4. The van der Waals surface area contributed by atoms with Crippen LogP contribution < -0.4 is 0 Å². The van der Waals surface area contributed by atoms with Gasteiger partial charge in [-0.05, 0) is 64.2 Å². The molecule has 0 fully saturated rings. The van der Waals surface area contributed by atoms with Crippen molar-refractivity contribution in [1.82, 2.24) is 0 Å². The van der Waals surface area contributed by atoms with E-state index in [-0.39, 0.29) is 31.1 Å². The third-order valence-electron chi connectivity index (χ3n) is 16.5. The topological polar surface area (TPSA) is 78.9 Å². The molecule has 0 bridgehead atoms. The monoisotopic (exact) mass is 1160 g/mol. The Morgan fingerprint density at radius 1 is 0.253 bits per heavy atom. The number of carbonyl (C=O) groups is 3. The number of allylic oxidation sites excluding steroid dienone is 10. The number of esters is 3. The lowest BCUT2D eigenvalue weighted by molar-refractivity contribution is -0.167. The van der Waals surface area contributed by atoms with Crippen LogP contribution >= 0.6 is 0 Å². The summed E-state index contributed by atoms with van der Waals surface area (Å²) in [5, 5.41) is 0. The zero-order chi connectivity index (χ0) is 59.9. The van der Waals surface area contributed by atoms with Gasteiger partial charge >= 0.3 is 17.9 Å². The fourth-order valence-corrected chi connectivity index (χ4v) is 11.1. The molecule has 83 heavy (non-hydrogen) atoms. The first-order valence-corrected chi connectivity index (χ1v) is 36.8. The third kappa shape index (κ3) is 69.8. The number of unbranched alkanes of at least 4 members (excludes halogenated alkanes) is 47. The summed E-state index contributed by atoms with van der Waals surface area (Å²) < 4.78 is 17.0. The molecule has 1 unspecified atom stereocenters. The number of rotatable bonds is 68. The summed E-state index contributed by atoms with van der Waals surface area (Å²) in [5.41, 5.74) is 0. The molecule has 0 heterocycles. The molecular formula is C77H140O6. The Labute approximate surface area is 517 Å².